The molecule has 0 amide bonds. The van der Waals surface area contributed by atoms with E-state index < -0.39 is 0 Å². The van der Waals surface area contributed by atoms with Gasteiger partial charge in [0.2, 0.25) is 0 Å². The Morgan fingerprint density at radius 3 is 2.71 bits per heavy atom. The van der Waals surface area contributed by atoms with E-state index in [1.165, 1.54) is 5.56 Å². The van der Waals surface area contributed by atoms with Crippen molar-refractivity contribution in [1.82, 2.24) is 0 Å². The van der Waals surface area contributed by atoms with Crippen LogP contribution < -0.4 is 5.73 Å². The number of anilines is 1. The van der Waals surface area contributed by atoms with Crippen molar-refractivity contribution in [3.63, 3.8) is 0 Å². The van der Waals surface area contributed by atoms with E-state index in [2.05, 4.69) is 31.0 Å². The van der Waals surface area contributed by atoms with Gasteiger partial charge >= 0.3 is 0 Å². The molecule has 0 aliphatic heterocycles. The number of nitrogen functional groups attached to an aromatic ring is 1. The monoisotopic (exact) mass is 190 g/mol. The third-order valence-corrected chi connectivity index (χ3v) is 2.15. The van der Waals surface area contributed by atoms with Gasteiger partial charge < -0.3 is 5.73 Å². The molecule has 76 valence electrons. The summed E-state index contributed by atoms with van der Waals surface area (Å²) in [6, 6.07) is 4.16. The van der Waals surface area contributed by atoms with Gasteiger partial charge in [-0.25, -0.2) is 0 Å². The van der Waals surface area contributed by atoms with Crippen LogP contribution in [-0.4, -0.2) is 12.8 Å². The Morgan fingerprint density at radius 2 is 2.07 bits per heavy atom. The van der Waals surface area contributed by atoms with Crippen LogP contribution in [0.25, 0.3) is 0 Å². The van der Waals surface area contributed by atoms with Crippen LogP contribution >= 0.6 is 0 Å². The Bertz CT molecular complexity index is 340. The number of nitrogens with zero attached hydrogens (tertiary/aromatic N) is 1. The number of aliphatic imine (C=N–C) groups is 1. The average molecular weight is 190 g/mol. The molecule has 2 heteroatoms. The molecular formula is C12H18N2. The van der Waals surface area contributed by atoms with Crippen LogP contribution in [0.1, 0.15) is 30.0 Å². The van der Waals surface area contributed by atoms with Crippen LogP contribution in [0.5, 0.6) is 0 Å². The first-order valence-corrected chi connectivity index (χ1v) is 5.01. The van der Waals surface area contributed by atoms with Crippen LogP contribution in [0.4, 0.5) is 5.69 Å². The second-order valence-electron chi connectivity index (χ2n) is 3.62. The molecule has 0 heterocycles. The van der Waals surface area contributed by atoms with E-state index in [1.54, 1.807) is 0 Å². The van der Waals surface area contributed by atoms with Crippen molar-refractivity contribution >= 4 is 11.9 Å². The Morgan fingerprint density at radius 1 is 1.36 bits per heavy atom. The lowest BCUT2D eigenvalue weighted by Gasteiger charge is -2.05. The maximum atomic E-state index is 5.94. The molecule has 0 saturated heterocycles. The standard InChI is InChI=1S/C12H18N2/c1-4-5-14-8-11-7-9(2)6-10(3)12(11)13/h6-8H,4-5,13H2,1-3H3. The van der Waals surface area contributed by atoms with Gasteiger partial charge in [0.15, 0.2) is 0 Å². The molecule has 1 aromatic rings. The predicted molar refractivity (Wildman–Crippen MR) is 63.1 cm³/mol. The van der Waals surface area contributed by atoms with Crippen LogP contribution in [0.2, 0.25) is 0 Å². The summed E-state index contributed by atoms with van der Waals surface area (Å²) in [7, 11) is 0. The topological polar surface area (TPSA) is 38.4 Å². The van der Waals surface area contributed by atoms with Gasteiger partial charge in [-0.3, -0.25) is 4.99 Å². The largest absolute Gasteiger partial charge is 0.398 e. The summed E-state index contributed by atoms with van der Waals surface area (Å²) in [5.41, 5.74) is 10.2. The predicted octanol–water partition coefficient (Wildman–Crippen LogP) is 2.71. The molecule has 0 spiro atoms. The molecule has 0 unspecified atom stereocenters. The summed E-state index contributed by atoms with van der Waals surface area (Å²) in [6.45, 7) is 7.08. The molecule has 14 heavy (non-hydrogen) atoms. The molecule has 0 saturated carbocycles. The van der Waals surface area contributed by atoms with Crippen molar-refractivity contribution in [2.75, 3.05) is 12.3 Å². The Kier molecular flexibility index (Phi) is 3.69. The number of hydrogen-bond acceptors (Lipinski definition) is 2. The van der Waals surface area contributed by atoms with Crippen molar-refractivity contribution < 1.29 is 0 Å². The van der Waals surface area contributed by atoms with E-state index in [1.807, 2.05) is 13.1 Å². The van der Waals surface area contributed by atoms with Crippen molar-refractivity contribution in [3.8, 4) is 0 Å². The highest BCUT2D eigenvalue weighted by Gasteiger charge is 2.00. The minimum Gasteiger partial charge on any atom is -0.398 e. The zero-order valence-corrected chi connectivity index (χ0v) is 9.17. The van der Waals surface area contributed by atoms with E-state index in [0.717, 1.165) is 29.8 Å². The second kappa shape index (κ2) is 4.80. The molecule has 2 N–H and O–H groups in total. The quantitative estimate of drug-likeness (QED) is 0.577. The van der Waals surface area contributed by atoms with Crippen LogP contribution in [0.15, 0.2) is 17.1 Å². The summed E-state index contributed by atoms with van der Waals surface area (Å²) < 4.78 is 0. The summed E-state index contributed by atoms with van der Waals surface area (Å²) >= 11 is 0. The first kappa shape index (κ1) is 10.8. The molecule has 1 rings (SSSR count). The lowest BCUT2D eigenvalue weighted by Crippen LogP contribution is -1.97. The molecule has 0 atom stereocenters. The maximum absolute atomic E-state index is 5.94. The highest BCUT2D eigenvalue weighted by atomic mass is 14.7. The highest BCUT2D eigenvalue weighted by Crippen LogP contribution is 2.17. The first-order valence-electron chi connectivity index (χ1n) is 5.01. The lowest BCUT2D eigenvalue weighted by atomic mass is 10.1. The Hall–Kier alpha value is -1.31. The zero-order valence-electron chi connectivity index (χ0n) is 9.17. The Labute approximate surface area is 85.9 Å². The average Bonchev–Trinajstić information content (AvgIpc) is 2.13. The van der Waals surface area contributed by atoms with Gasteiger partial charge in [-0.2, -0.15) is 0 Å². The molecule has 0 aromatic heterocycles. The van der Waals surface area contributed by atoms with Gasteiger partial charge in [-0.05, 0) is 31.9 Å². The molecular weight excluding hydrogens is 172 g/mol. The molecule has 0 aliphatic carbocycles. The molecule has 0 radical (unpaired) electrons. The fourth-order valence-corrected chi connectivity index (χ4v) is 1.41. The molecule has 0 aliphatic rings. The fraction of sp³-hybridized carbons (Fsp3) is 0.417. The number of aryl methyl sites for hydroxylation is 2. The van der Waals surface area contributed by atoms with Gasteiger partial charge in [0.1, 0.15) is 0 Å². The number of benzene rings is 1. The second-order valence-corrected chi connectivity index (χ2v) is 3.62. The minimum atomic E-state index is 0.843. The lowest BCUT2D eigenvalue weighted by molar-refractivity contribution is 0.937. The van der Waals surface area contributed by atoms with Gasteiger partial charge in [0.05, 0.1) is 0 Å². The van der Waals surface area contributed by atoms with Gasteiger partial charge in [-0.1, -0.05) is 18.6 Å². The van der Waals surface area contributed by atoms with Gasteiger partial charge in [-0.15, -0.1) is 0 Å². The summed E-state index contributed by atoms with van der Waals surface area (Å²) in [6.07, 6.45) is 2.94. The molecule has 2 nitrogen and oxygen atoms in total. The van der Waals surface area contributed by atoms with E-state index in [4.69, 9.17) is 5.73 Å². The zero-order chi connectivity index (χ0) is 10.6. The van der Waals surface area contributed by atoms with E-state index in [9.17, 15) is 0 Å². The Balaban J connectivity index is 2.96. The van der Waals surface area contributed by atoms with Crippen molar-refractivity contribution in [3.05, 3.63) is 28.8 Å². The minimum absolute atomic E-state index is 0.843. The van der Waals surface area contributed by atoms with Crippen molar-refractivity contribution in [2.45, 2.75) is 27.2 Å². The molecule has 0 bridgehead atoms. The smallest absolute Gasteiger partial charge is 0.0432 e. The first-order chi connectivity index (χ1) is 6.65. The summed E-state index contributed by atoms with van der Waals surface area (Å²) in [5, 5.41) is 0. The molecule has 1 aromatic carbocycles. The summed E-state index contributed by atoms with van der Waals surface area (Å²) in [4.78, 5) is 4.30. The number of rotatable bonds is 3. The normalized spacial score (nSPS) is 11.1. The summed E-state index contributed by atoms with van der Waals surface area (Å²) in [5.74, 6) is 0. The van der Waals surface area contributed by atoms with Crippen molar-refractivity contribution in [1.29, 1.82) is 0 Å². The SMILES string of the molecule is CCCN=Cc1cc(C)cc(C)c1N. The number of nitrogens with two attached hydrogens (primary N) is 1. The van der Waals surface area contributed by atoms with E-state index in [-0.39, 0.29) is 0 Å². The van der Waals surface area contributed by atoms with Crippen LogP contribution in [0, 0.1) is 13.8 Å². The molecule has 0 fully saturated rings. The van der Waals surface area contributed by atoms with E-state index in [0.29, 0.717) is 0 Å². The van der Waals surface area contributed by atoms with E-state index >= 15 is 0 Å². The highest BCUT2D eigenvalue weighted by molar-refractivity contribution is 5.88. The number of hydrogen-bond donors (Lipinski definition) is 1. The van der Waals surface area contributed by atoms with Crippen LogP contribution in [-0.2, 0) is 0 Å². The fourth-order valence-electron chi connectivity index (χ4n) is 1.41. The van der Waals surface area contributed by atoms with Crippen LogP contribution in [0.3, 0.4) is 0 Å². The third-order valence-electron chi connectivity index (χ3n) is 2.15. The van der Waals surface area contributed by atoms with Gasteiger partial charge in [0, 0.05) is 24.0 Å². The van der Waals surface area contributed by atoms with Gasteiger partial charge in [0.25, 0.3) is 0 Å². The van der Waals surface area contributed by atoms with Crippen molar-refractivity contribution in [2.24, 2.45) is 4.99 Å². The maximum Gasteiger partial charge on any atom is 0.0432 e. The third kappa shape index (κ3) is 2.59.